The largest absolute Gasteiger partial charge is 0.508 e. The molecule has 110 valence electrons. The Kier molecular flexibility index (Phi) is 4.66. The minimum Gasteiger partial charge on any atom is -0.508 e. The van der Waals surface area contributed by atoms with Crippen molar-refractivity contribution in [3.05, 3.63) is 84.4 Å². The summed E-state index contributed by atoms with van der Waals surface area (Å²) in [5, 5.41) is 12.7. The first kappa shape index (κ1) is 14.5. The second kappa shape index (κ2) is 7.05. The SMILES string of the molecule is Oc1ccc(NCc2ccccc2Sc2ccccc2)cc1. The summed E-state index contributed by atoms with van der Waals surface area (Å²) < 4.78 is 0. The van der Waals surface area contributed by atoms with Crippen LogP contribution in [0.25, 0.3) is 0 Å². The van der Waals surface area contributed by atoms with Gasteiger partial charge < -0.3 is 10.4 Å². The van der Waals surface area contributed by atoms with E-state index in [-0.39, 0.29) is 5.75 Å². The van der Waals surface area contributed by atoms with Gasteiger partial charge in [0.2, 0.25) is 0 Å². The average molecular weight is 307 g/mol. The van der Waals surface area contributed by atoms with Gasteiger partial charge in [0, 0.05) is 22.0 Å². The zero-order valence-corrected chi connectivity index (χ0v) is 12.9. The fraction of sp³-hybridized carbons (Fsp3) is 0.0526. The molecule has 3 heteroatoms. The Morgan fingerprint density at radius 1 is 0.773 bits per heavy atom. The van der Waals surface area contributed by atoms with Crippen molar-refractivity contribution in [3.8, 4) is 5.75 Å². The second-order valence-corrected chi connectivity index (χ2v) is 6.04. The lowest BCUT2D eigenvalue weighted by molar-refractivity contribution is 0.475. The summed E-state index contributed by atoms with van der Waals surface area (Å²) in [4.78, 5) is 2.49. The van der Waals surface area contributed by atoms with E-state index in [1.165, 1.54) is 15.4 Å². The smallest absolute Gasteiger partial charge is 0.115 e. The first-order valence-corrected chi connectivity index (χ1v) is 7.96. The number of aromatic hydroxyl groups is 1. The van der Waals surface area contributed by atoms with E-state index in [4.69, 9.17) is 0 Å². The lowest BCUT2D eigenvalue weighted by atomic mass is 10.2. The van der Waals surface area contributed by atoms with Gasteiger partial charge in [0.15, 0.2) is 0 Å². The monoisotopic (exact) mass is 307 g/mol. The van der Waals surface area contributed by atoms with E-state index in [0.29, 0.717) is 0 Å². The van der Waals surface area contributed by atoms with Gasteiger partial charge in [-0.25, -0.2) is 0 Å². The van der Waals surface area contributed by atoms with Crippen molar-refractivity contribution in [3.63, 3.8) is 0 Å². The summed E-state index contributed by atoms with van der Waals surface area (Å²) in [5.41, 5.74) is 2.25. The van der Waals surface area contributed by atoms with Gasteiger partial charge in [0.25, 0.3) is 0 Å². The fourth-order valence-electron chi connectivity index (χ4n) is 2.14. The van der Waals surface area contributed by atoms with Crippen LogP contribution in [0, 0.1) is 0 Å². The topological polar surface area (TPSA) is 32.3 Å². The Labute approximate surface area is 134 Å². The lowest BCUT2D eigenvalue weighted by Crippen LogP contribution is -2.00. The molecule has 0 atom stereocenters. The van der Waals surface area contributed by atoms with Gasteiger partial charge in [-0.15, -0.1) is 0 Å². The van der Waals surface area contributed by atoms with Crippen LogP contribution in [0.5, 0.6) is 5.75 Å². The number of phenols is 1. The van der Waals surface area contributed by atoms with Gasteiger partial charge >= 0.3 is 0 Å². The summed E-state index contributed by atoms with van der Waals surface area (Å²) in [6.07, 6.45) is 0. The number of hydrogen-bond acceptors (Lipinski definition) is 3. The zero-order valence-electron chi connectivity index (χ0n) is 12.1. The van der Waals surface area contributed by atoms with Crippen LogP contribution in [0.2, 0.25) is 0 Å². The molecule has 0 heterocycles. The quantitative estimate of drug-likeness (QED) is 0.639. The normalized spacial score (nSPS) is 10.4. The molecule has 3 aromatic carbocycles. The van der Waals surface area contributed by atoms with Crippen LogP contribution in [-0.2, 0) is 6.54 Å². The molecule has 0 saturated heterocycles. The third-order valence-electron chi connectivity index (χ3n) is 3.29. The predicted molar refractivity (Wildman–Crippen MR) is 92.4 cm³/mol. The highest BCUT2D eigenvalue weighted by Gasteiger charge is 2.04. The van der Waals surface area contributed by atoms with Crippen molar-refractivity contribution in [2.45, 2.75) is 16.3 Å². The molecule has 2 N–H and O–H groups in total. The fourth-order valence-corrected chi connectivity index (χ4v) is 3.11. The molecule has 3 rings (SSSR count). The van der Waals surface area contributed by atoms with Gasteiger partial charge in [-0.3, -0.25) is 0 Å². The molecular formula is C19H17NOS. The van der Waals surface area contributed by atoms with Crippen molar-refractivity contribution in [1.82, 2.24) is 0 Å². The van der Waals surface area contributed by atoms with Crippen LogP contribution in [-0.4, -0.2) is 5.11 Å². The second-order valence-electron chi connectivity index (χ2n) is 4.92. The Bertz CT molecular complexity index is 726. The summed E-state index contributed by atoms with van der Waals surface area (Å²) >= 11 is 1.77. The van der Waals surface area contributed by atoms with E-state index >= 15 is 0 Å². The van der Waals surface area contributed by atoms with Gasteiger partial charge in [0.1, 0.15) is 5.75 Å². The molecule has 0 aliphatic carbocycles. The zero-order chi connectivity index (χ0) is 15.2. The van der Waals surface area contributed by atoms with Crippen LogP contribution in [0.3, 0.4) is 0 Å². The molecule has 3 aromatic rings. The molecular weight excluding hydrogens is 290 g/mol. The Balaban J connectivity index is 1.72. The van der Waals surface area contributed by atoms with Crippen molar-refractivity contribution >= 4 is 17.4 Å². The number of nitrogens with one attached hydrogen (secondary N) is 1. The molecule has 0 aliphatic rings. The molecule has 0 aromatic heterocycles. The summed E-state index contributed by atoms with van der Waals surface area (Å²) in [7, 11) is 0. The third kappa shape index (κ3) is 3.83. The highest BCUT2D eigenvalue weighted by Crippen LogP contribution is 2.30. The molecule has 0 saturated carbocycles. The van der Waals surface area contributed by atoms with Crippen molar-refractivity contribution < 1.29 is 5.11 Å². The van der Waals surface area contributed by atoms with Crippen LogP contribution in [0.1, 0.15) is 5.56 Å². The summed E-state index contributed by atoms with van der Waals surface area (Å²) in [6, 6.07) is 25.9. The lowest BCUT2D eigenvalue weighted by Gasteiger charge is -2.11. The third-order valence-corrected chi connectivity index (χ3v) is 4.42. The van der Waals surface area contributed by atoms with E-state index in [2.05, 4.69) is 53.8 Å². The summed E-state index contributed by atoms with van der Waals surface area (Å²) in [5.74, 6) is 0.283. The van der Waals surface area contributed by atoms with Gasteiger partial charge in [0.05, 0.1) is 0 Å². The van der Waals surface area contributed by atoms with Crippen LogP contribution in [0.15, 0.2) is 88.7 Å². The number of rotatable bonds is 5. The highest BCUT2D eigenvalue weighted by atomic mass is 32.2. The molecule has 0 fully saturated rings. The number of benzene rings is 3. The van der Waals surface area contributed by atoms with Crippen LogP contribution in [0.4, 0.5) is 5.69 Å². The highest BCUT2D eigenvalue weighted by molar-refractivity contribution is 7.99. The van der Waals surface area contributed by atoms with E-state index < -0.39 is 0 Å². The first-order chi connectivity index (χ1) is 10.8. The standard InChI is InChI=1S/C19H17NOS/c21-17-12-10-16(11-13-17)20-14-15-6-4-5-9-19(15)22-18-7-2-1-3-8-18/h1-13,20-21H,14H2. The Morgan fingerprint density at radius 2 is 1.45 bits per heavy atom. The summed E-state index contributed by atoms with van der Waals surface area (Å²) in [6.45, 7) is 0.751. The van der Waals surface area contributed by atoms with Crippen LogP contribution >= 0.6 is 11.8 Å². The maximum Gasteiger partial charge on any atom is 0.115 e. The minimum absolute atomic E-state index is 0.283. The van der Waals surface area contributed by atoms with Gasteiger partial charge in [-0.2, -0.15) is 0 Å². The molecule has 0 bridgehead atoms. The number of hydrogen-bond donors (Lipinski definition) is 2. The number of phenolic OH excluding ortho intramolecular Hbond substituents is 1. The molecule has 0 unspecified atom stereocenters. The van der Waals surface area contributed by atoms with Gasteiger partial charge in [-0.05, 0) is 48.0 Å². The van der Waals surface area contributed by atoms with Crippen molar-refractivity contribution in [2.75, 3.05) is 5.32 Å². The molecule has 0 spiro atoms. The Morgan fingerprint density at radius 3 is 2.23 bits per heavy atom. The first-order valence-electron chi connectivity index (χ1n) is 7.15. The van der Waals surface area contributed by atoms with Crippen molar-refractivity contribution in [1.29, 1.82) is 0 Å². The maximum atomic E-state index is 9.32. The maximum absolute atomic E-state index is 9.32. The Hall–Kier alpha value is -2.39. The molecule has 0 radical (unpaired) electrons. The van der Waals surface area contributed by atoms with E-state index in [1.807, 2.05) is 18.2 Å². The number of anilines is 1. The van der Waals surface area contributed by atoms with E-state index in [9.17, 15) is 5.11 Å². The molecule has 0 amide bonds. The van der Waals surface area contributed by atoms with E-state index in [1.54, 1.807) is 23.9 Å². The minimum atomic E-state index is 0.283. The van der Waals surface area contributed by atoms with Crippen molar-refractivity contribution in [2.24, 2.45) is 0 Å². The van der Waals surface area contributed by atoms with E-state index in [0.717, 1.165) is 12.2 Å². The van der Waals surface area contributed by atoms with Crippen LogP contribution < -0.4 is 5.32 Å². The average Bonchev–Trinajstić information content (AvgIpc) is 2.56. The molecule has 0 aliphatic heterocycles. The molecule has 2 nitrogen and oxygen atoms in total. The van der Waals surface area contributed by atoms with Gasteiger partial charge in [-0.1, -0.05) is 48.2 Å². The molecule has 22 heavy (non-hydrogen) atoms. The predicted octanol–water partition coefficient (Wildman–Crippen LogP) is 5.16.